The minimum absolute atomic E-state index is 0.276. The molecule has 7 heteroatoms. The topological polar surface area (TPSA) is 60.9 Å². The lowest BCUT2D eigenvalue weighted by atomic mass is 9.94. The average molecular weight is 331 g/mol. The molecule has 5 nitrogen and oxygen atoms in total. The van der Waals surface area contributed by atoms with E-state index in [2.05, 4.69) is 0 Å². The van der Waals surface area contributed by atoms with E-state index in [1.54, 1.807) is 30.1 Å². The lowest BCUT2D eigenvalue weighted by molar-refractivity contribution is -0.167. The summed E-state index contributed by atoms with van der Waals surface area (Å²) < 4.78 is 0. The molecule has 1 heterocycles. The minimum Gasteiger partial charge on any atom is -0.479 e. The van der Waals surface area contributed by atoms with Gasteiger partial charge in [-0.15, -0.1) is 0 Å². The molecule has 2 rings (SSSR count). The normalized spacial score (nSPS) is 23.4. The van der Waals surface area contributed by atoms with Crippen molar-refractivity contribution in [2.24, 2.45) is 0 Å². The predicted molar refractivity (Wildman–Crippen MR) is 80.5 cm³/mol. The molecular formula is C14H16Cl2N2O3. The van der Waals surface area contributed by atoms with Gasteiger partial charge < -0.3 is 10.0 Å². The van der Waals surface area contributed by atoms with Crippen molar-refractivity contribution in [3.63, 3.8) is 0 Å². The molecule has 1 unspecified atom stereocenters. The molecule has 1 aliphatic heterocycles. The van der Waals surface area contributed by atoms with Crippen molar-refractivity contribution in [3.05, 3.63) is 33.8 Å². The summed E-state index contributed by atoms with van der Waals surface area (Å²) >= 11 is 12.0. The summed E-state index contributed by atoms with van der Waals surface area (Å²) in [6.45, 7) is 2.65. The van der Waals surface area contributed by atoms with Crippen LogP contribution in [0.1, 0.15) is 12.5 Å². The highest BCUT2D eigenvalue weighted by Gasteiger charge is 2.50. The Morgan fingerprint density at radius 2 is 2.05 bits per heavy atom. The van der Waals surface area contributed by atoms with E-state index < -0.39 is 17.4 Å². The molecule has 21 heavy (non-hydrogen) atoms. The number of piperazine rings is 1. The third-order valence-electron chi connectivity index (χ3n) is 3.89. The molecule has 0 aliphatic carbocycles. The molecule has 1 atom stereocenters. The van der Waals surface area contributed by atoms with Crippen LogP contribution in [0.15, 0.2) is 18.2 Å². The quantitative estimate of drug-likeness (QED) is 0.862. The number of rotatable bonds is 3. The van der Waals surface area contributed by atoms with Crippen LogP contribution in [0, 0.1) is 0 Å². The second kappa shape index (κ2) is 5.83. The number of amides is 1. The zero-order valence-electron chi connectivity index (χ0n) is 11.8. The van der Waals surface area contributed by atoms with Gasteiger partial charge in [-0.25, -0.2) is 4.79 Å². The number of carboxylic acids is 1. The van der Waals surface area contributed by atoms with Gasteiger partial charge in [0.25, 0.3) is 5.91 Å². The first-order valence-electron chi connectivity index (χ1n) is 6.44. The highest BCUT2D eigenvalue weighted by atomic mass is 35.5. The Balaban J connectivity index is 2.33. The fraction of sp³-hybridized carbons (Fsp3) is 0.429. The summed E-state index contributed by atoms with van der Waals surface area (Å²) in [6, 6.07) is 5.04. The Labute approximate surface area is 133 Å². The minimum atomic E-state index is -1.59. The summed E-state index contributed by atoms with van der Waals surface area (Å²) in [5.74, 6) is -1.59. The second-order valence-electron chi connectivity index (χ2n) is 5.26. The van der Waals surface area contributed by atoms with Crippen molar-refractivity contribution in [1.29, 1.82) is 0 Å². The fourth-order valence-corrected chi connectivity index (χ4v) is 2.89. The van der Waals surface area contributed by atoms with E-state index in [1.807, 2.05) is 0 Å². The van der Waals surface area contributed by atoms with Gasteiger partial charge in [0.05, 0.1) is 0 Å². The number of aliphatic carboxylic acids is 1. The standard InChI is InChI=1S/C14H16Cl2N2O3/c1-14(13(20)21)12(19)17(2)5-6-18(14)8-9-3-4-10(15)7-11(9)16/h3-4,7H,5-6,8H2,1-2H3,(H,20,21). The van der Waals surface area contributed by atoms with Crippen molar-refractivity contribution in [1.82, 2.24) is 9.80 Å². The third-order valence-corrected chi connectivity index (χ3v) is 4.48. The Hall–Kier alpha value is -1.30. The average Bonchev–Trinajstić information content (AvgIpc) is 2.41. The van der Waals surface area contributed by atoms with Gasteiger partial charge in [-0.05, 0) is 24.6 Å². The fourth-order valence-electron chi connectivity index (χ4n) is 2.42. The lowest BCUT2D eigenvalue weighted by Gasteiger charge is -2.44. The number of carboxylic acid groups (broad SMARTS) is 1. The van der Waals surface area contributed by atoms with Crippen LogP contribution in [0.3, 0.4) is 0 Å². The summed E-state index contributed by atoms with van der Waals surface area (Å²) in [4.78, 5) is 27.0. The number of hydrogen-bond donors (Lipinski definition) is 1. The molecular weight excluding hydrogens is 315 g/mol. The summed E-state index contributed by atoms with van der Waals surface area (Å²) in [6.07, 6.45) is 0. The SMILES string of the molecule is CN1CCN(Cc2ccc(Cl)cc2Cl)C(C)(C(=O)O)C1=O. The Kier molecular flexibility index (Phi) is 4.46. The van der Waals surface area contributed by atoms with E-state index in [0.717, 1.165) is 5.56 Å². The highest BCUT2D eigenvalue weighted by Crippen LogP contribution is 2.28. The molecule has 1 N–H and O–H groups in total. The van der Waals surface area contributed by atoms with Crippen LogP contribution in [-0.4, -0.2) is 52.5 Å². The van der Waals surface area contributed by atoms with Gasteiger partial charge in [-0.3, -0.25) is 9.69 Å². The summed E-state index contributed by atoms with van der Waals surface area (Å²) in [5, 5.41) is 10.5. The van der Waals surface area contributed by atoms with Crippen LogP contribution in [0.25, 0.3) is 0 Å². The Bertz CT molecular complexity index is 594. The van der Waals surface area contributed by atoms with Gasteiger partial charge in [0, 0.05) is 36.7 Å². The van der Waals surface area contributed by atoms with E-state index in [4.69, 9.17) is 23.2 Å². The predicted octanol–water partition coefficient (Wildman–Crippen LogP) is 2.11. The van der Waals surface area contributed by atoms with E-state index in [9.17, 15) is 14.7 Å². The van der Waals surface area contributed by atoms with E-state index in [1.165, 1.54) is 11.8 Å². The molecule has 1 aliphatic rings. The first-order valence-corrected chi connectivity index (χ1v) is 7.20. The number of halogens is 2. The smallest absolute Gasteiger partial charge is 0.333 e. The molecule has 0 radical (unpaired) electrons. The number of carbonyl (C=O) groups is 2. The zero-order valence-corrected chi connectivity index (χ0v) is 13.3. The Morgan fingerprint density at radius 3 is 2.62 bits per heavy atom. The van der Waals surface area contributed by atoms with Gasteiger partial charge in [0.2, 0.25) is 0 Å². The van der Waals surface area contributed by atoms with Gasteiger partial charge in [-0.2, -0.15) is 0 Å². The van der Waals surface area contributed by atoms with E-state index >= 15 is 0 Å². The van der Waals surface area contributed by atoms with Crippen LogP contribution in [-0.2, 0) is 16.1 Å². The van der Waals surface area contributed by atoms with Crippen LogP contribution in [0.4, 0.5) is 0 Å². The zero-order chi connectivity index (χ0) is 15.8. The molecule has 114 valence electrons. The van der Waals surface area contributed by atoms with Crippen molar-refractivity contribution < 1.29 is 14.7 Å². The van der Waals surface area contributed by atoms with Crippen LogP contribution in [0.2, 0.25) is 10.0 Å². The maximum absolute atomic E-state index is 12.3. The Morgan fingerprint density at radius 1 is 1.38 bits per heavy atom. The van der Waals surface area contributed by atoms with Crippen molar-refractivity contribution in [2.75, 3.05) is 20.1 Å². The van der Waals surface area contributed by atoms with Crippen molar-refractivity contribution in [2.45, 2.75) is 19.0 Å². The maximum Gasteiger partial charge on any atom is 0.333 e. The monoisotopic (exact) mass is 330 g/mol. The van der Waals surface area contributed by atoms with Crippen LogP contribution < -0.4 is 0 Å². The molecule has 1 amide bonds. The van der Waals surface area contributed by atoms with Gasteiger partial charge in [0.15, 0.2) is 5.54 Å². The highest BCUT2D eigenvalue weighted by molar-refractivity contribution is 6.35. The number of hydrogen-bond acceptors (Lipinski definition) is 3. The molecule has 1 aromatic carbocycles. The lowest BCUT2D eigenvalue weighted by Crippen LogP contribution is -2.66. The van der Waals surface area contributed by atoms with Crippen LogP contribution in [0.5, 0.6) is 0 Å². The van der Waals surface area contributed by atoms with Crippen LogP contribution >= 0.6 is 23.2 Å². The first kappa shape index (κ1) is 16.1. The molecule has 0 bridgehead atoms. The van der Waals surface area contributed by atoms with E-state index in [-0.39, 0.29) is 6.54 Å². The van der Waals surface area contributed by atoms with E-state index in [0.29, 0.717) is 23.1 Å². The third kappa shape index (κ3) is 2.86. The summed E-state index contributed by atoms with van der Waals surface area (Å²) in [7, 11) is 1.61. The largest absolute Gasteiger partial charge is 0.479 e. The van der Waals surface area contributed by atoms with Crippen molar-refractivity contribution >= 4 is 35.1 Å². The van der Waals surface area contributed by atoms with Crippen molar-refractivity contribution in [3.8, 4) is 0 Å². The first-order chi connectivity index (χ1) is 9.76. The number of nitrogens with zero attached hydrogens (tertiary/aromatic N) is 2. The molecule has 1 aromatic rings. The second-order valence-corrected chi connectivity index (χ2v) is 6.10. The molecule has 1 saturated heterocycles. The molecule has 1 fully saturated rings. The molecule has 0 spiro atoms. The number of carbonyl (C=O) groups excluding carboxylic acids is 1. The molecule has 0 aromatic heterocycles. The maximum atomic E-state index is 12.3. The van der Waals surface area contributed by atoms with Gasteiger partial charge in [0.1, 0.15) is 0 Å². The molecule has 0 saturated carbocycles. The number of benzene rings is 1. The van der Waals surface area contributed by atoms with Gasteiger partial charge >= 0.3 is 5.97 Å². The van der Waals surface area contributed by atoms with Gasteiger partial charge in [-0.1, -0.05) is 29.3 Å². The number of likely N-dealkylation sites (N-methyl/N-ethyl adjacent to an activating group) is 1. The summed E-state index contributed by atoms with van der Waals surface area (Å²) in [5.41, 5.74) is -0.846.